The fraction of sp³-hybridized carbons (Fsp3) is 0.208. The van der Waals surface area contributed by atoms with Crippen LogP contribution in [-0.2, 0) is 7.05 Å². The Kier molecular flexibility index (Phi) is 6.91. The smallest absolute Gasteiger partial charge is 0.335 e. The largest absolute Gasteiger partial charge is 0.478 e. The summed E-state index contributed by atoms with van der Waals surface area (Å²) in [6.45, 7) is 7.29. The topological polar surface area (TPSA) is 93.4 Å². The van der Waals surface area contributed by atoms with Gasteiger partial charge in [0.25, 0.3) is 12.3 Å². The molecular weight excluding hydrogens is 432 g/mol. The molecule has 0 aliphatic heterocycles. The lowest BCUT2D eigenvalue weighted by molar-refractivity contribution is 0.0696. The van der Waals surface area contributed by atoms with Crippen LogP contribution in [0.5, 0.6) is 11.6 Å². The monoisotopic (exact) mass is 455 g/mol. The molecule has 0 fully saturated rings. The number of rotatable bonds is 8. The standard InChI is InChI=1S/C24H23F2N3O4/c1-5-15-12-18(11-6-13(15)2)33-23-19(20(21(25)26)28-29(23)4)22(30)27-14(3)16-7-9-17(10-8-16)24(31)32/h5-12,14,21H,1H2,2-4H3,(H,27,30)(H,31,32)/t14-/m0/s1. The first-order valence-corrected chi connectivity index (χ1v) is 10.0. The summed E-state index contributed by atoms with van der Waals surface area (Å²) < 4.78 is 34.3. The van der Waals surface area contributed by atoms with Crippen molar-refractivity contribution >= 4 is 18.0 Å². The van der Waals surface area contributed by atoms with Crippen LogP contribution in [0.1, 0.15) is 62.5 Å². The number of aromatic carboxylic acids is 1. The number of aromatic nitrogens is 2. The summed E-state index contributed by atoms with van der Waals surface area (Å²) in [6.07, 6.45) is -1.36. The fourth-order valence-electron chi connectivity index (χ4n) is 3.29. The van der Waals surface area contributed by atoms with E-state index in [0.29, 0.717) is 11.3 Å². The van der Waals surface area contributed by atoms with Gasteiger partial charge in [-0.15, -0.1) is 0 Å². The van der Waals surface area contributed by atoms with Gasteiger partial charge in [-0.25, -0.2) is 18.3 Å². The minimum absolute atomic E-state index is 0.0946. The van der Waals surface area contributed by atoms with Crippen LogP contribution < -0.4 is 10.1 Å². The summed E-state index contributed by atoms with van der Waals surface area (Å²) in [4.78, 5) is 24.1. The van der Waals surface area contributed by atoms with Crippen molar-refractivity contribution in [2.24, 2.45) is 7.05 Å². The number of nitrogens with one attached hydrogen (secondary N) is 1. The molecule has 172 valence electrons. The van der Waals surface area contributed by atoms with Crippen LogP contribution in [-0.4, -0.2) is 26.8 Å². The van der Waals surface area contributed by atoms with Gasteiger partial charge < -0.3 is 15.2 Å². The predicted molar refractivity (Wildman–Crippen MR) is 119 cm³/mol. The van der Waals surface area contributed by atoms with E-state index in [9.17, 15) is 18.4 Å². The number of nitrogens with zero attached hydrogens (tertiary/aromatic N) is 2. The number of halogens is 2. The van der Waals surface area contributed by atoms with Crippen molar-refractivity contribution in [2.75, 3.05) is 0 Å². The van der Waals surface area contributed by atoms with E-state index in [1.54, 1.807) is 43.3 Å². The Hall–Kier alpha value is -4.01. The van der Waals surface area contributed by atoms with Crippen LogP contribution in [0.2, 0.25) is 0 Å². The molecule has 0 saturated heterocycles. The zero-order valence-electron chi connectivity index (χ0n) is 18.3. The molecule has 3 rings (SSSR count). The molecule has 7 nitrogen and oxygen atoms in total. The second kappa shape index (κ2) is 9.64. The summed E-state index contributed by atoms with van der Waals surface area (Å²) in [7, 11) is 1.41. The predicted octanol–water partition coefficient (Wildman–Crippen LogP) is 5.29. The molecule has 1 amide bonds. The van der Waals surface area contributed by atoms with E-state index in [1.165, 1.54) is 19.2 Å². The molecule has 0 aliphatic rings. The van der Waals surface area contributed by atoms with Gasteiger partial charge in [0.15, 0.2) is 0 Å². The highest BCUT2D eigenvalue weighted by Gasteiger charge is 2.30. The van der Waals surface area contributed by atoms with E-state index in [0.717, 1.165) is 15.8 Å². The van der Waals surface area contributed by atoms with E-state index in [-0.39, 0.29) is 17.0 Å². The van der Waals surface area contributed by atoms with Crippen molar-refractivity contribution in [3.05, 3.63) is 82.6 Å². The van der Waals surface area contributed by atoms with Crippen molar-refractivity contribution in [1.82, 2.24) is 15.1 Å². The number of hydrogen-bond donors (Lipinski definition) is 2. The van der Waals surface area contributed by atoms with Crippen LogP contribution in [0.15, 0.2) is 49.0 Å². The van der Waals surface area contributed by atoms with Crippen LogP contribution in [0, 0.1) is 6.92 Å². The number of alkyl halides is 2. The fourth-order valence-corrected chi connectivity index (χ4v) is 3.29. The third-order valence-electron chi connectivity index (χ3n) is 5.15. The van der Waals surface area contributed by atoms with Gasteiger partial charge in [-0.3, -0.25) is 4.79 Å². The Morgan fingerprint density at radius 3 is 2.45 bits per heavy atom. The number of hydrogen-bond acceptors (Lipinski definition) is 4. The summed E-state index contributed by atoms with van der Waals surface area (Å²) in [5.41, 5.74) is 1.38. The molecule has 2 N–H and O–H groups in total. The number of amides is 1. The molecule has 0 radical (unpaired) electrons. The molecule has 3 aromatic rings. The molecule has 0 unspecified atom stereocenters. The average Bonchev–Trinajstić information content (AvgIpc) is 3.11. The van der Waals surface area contributed by atoms with Gasteiger partial charge in [0.05, 0.1) is 11.6 Å². The number of carbonyl (C=O) groups excluding carboxylic acids is 1. The highest BCUT2D eigenvalue weighted by molar-refractivity contribution is 5.98. The first-order chi connectivity index (χ1) is 15.6. The van der Waals surface area contributed by atoms with Gasteiger partial charge in [0.2, 0.25) is 5.88 Å². The Balaban J connectivity index is 1.93. The highest BCUT2D eigenvalue weighted by atomic mass is 19.3. The van der Waals surface area contributed by atoms with E-state index >= 15 is 0 Å². The zero-order chi connectivity index (χ0) is 24.3. The summed E-state index contributed by atoms with van der Waals surface area (Å²) >= 11 is 0. The summed E-state index contributed by atoms with van der Waals surface area (Å²) in [5.74, 6) is -1.66. The summed E-state index contributed by atoms with van der Waals surface area (Å²) in [6, 6.07) is 10.4. The van der Waals surface area contributed by atoms with Gasteiger partial charge in [0.1, 0.15) is 17.0 Å². The zero-order valence-corrected chi connectivity index (χ0v) is 18.3. The van der Waals surface area contributed by atoms with E-state index < -0.39 is 30.0 Å². The number of ether oxygens (including phenoxy) is 1. The molecule has 0 aliphatic carbocycles. The first kappa shape index (κ1) is 23.6. The Labute approximate surface area is 189 Å². The van der Waals surface area contributed by atoms with Gasteiger partial charge >= 0.3 is 5.97 Å². The number of carbonyl (C=O) groups is 2. The lowest BCUT2D eigenvalue weighted by Gasteiger charge is -2.16. The minimum atomic E-state index is -3.00. The van der Waals surface area contributed by atoms with Gasteiger partial charge in [-0.1, -0.05) is 30.9 Å². The Morgan fingerprint density at radius 1 is 1.21 bits per heavy atom. The number of aryl methyl sites for hydroxylation is 2. The maximum absolute atomic E-state index is 13.7. The SMILES string of the molecule is C=Cc1cc(Oc2c(C(=O)N[C@@H](C)c3ccc(C(=O)O)cc3)c(C(F)F)nn2C)ccc1C. The molecule has 33 heavy (non-hydrogen) atoms. The van der Waals surface area contributed by atoms with Crippen molar-refractivity contribution in [1.29, 1.82) is 0 Å². The number of carboxylic acid groups (broad SMARTS) is 1. The molecule has 1 aromatic heterocycles. The van der Waals surface area contributed by atoms with E-state index in [1.807, 2.05) is 6.92 Å². The second-order valence-corrected chi connectivity index (χ2v) is 7.44. The van der Waals surface area contributed by atoms with Crippen LogP contribution >= 0.6 is 0 Å². The molecule has 2 aromatic carbocycles. The van der Waals surface area contributed by atoms with Gasteiger partial charge in [0, 0.05) is 7.05 Å². The molecule has 1 atom stereocenters. The minimum Gasteiger partial charge on any atom is -0.478 e. The normalized spacial score (nSPS) is 11.8. The first-order valence-electron chi connectivity index (χ1n) is 10.0. The van der Waals surface area contributed by atoms with E-state index in [2.05, 4.69) is 17.0 Å². The molecular formula is C24H23F2N3O4. The second-order valence-electron chi connectivity index (χ2n) is 7.44. The van der Waals surface area contributed by atoms with Crippen molar-refractivity contribution < 1.29 is 28.2 Å². The third-order valence-corrected chi connectivity index (χ3v) is 5.15. The van der Waals surface area contributed by atoms with Crippen LogP contribution in [0.4, 0.5) is 8.78 Å². The number of benzene rings is 2. The summed E-state index contributed by atoms with van der Waals surface area (Å²) in [5, 5.41) is 15.5. The Morgan fingerprint density at radius 2 is 1.88 bits per heavy atom. The highest BCUT2D eigenvalue weighted by Crippen LogP contribution is 2.33. The maximum atomic E-state index is 13.7. The molecule has 1 heterocycles. The quantitative estimate of drug-likeness (QED) is 0.481. The Bertz CT molecular complexity index is 1200. The van der Waals surface area contributed by atoms with Crippen molar-refractivity contribution in [3.63, 3.8) is 0 Å². The van der Waals surface area contributed by atoms with Gasteiger partial charge in [-0.2, -0.15) is 5.10 Å². The van der Waals surface area contributed by atoms with Crippen molar-refractivity contribution in [2.45, 2.75) is 26.3 Å². The number of carboxylic acids is 1. The molecule has 0 bridgehead atoms. The van der Waals surface area contributed by atoms with Crippen molar-refractivity contribution in [3.8, 4) is 11.6 Å². The molecule has 9 heteroatoms. The maximum Gasteiger partial charge on any atom is 0.335 e. The van der Waals surface area contributed by atoms with Crippen LogP contribution in [0.25, 0.3) is 6.08 Å². The molecule has 0 spiro atoms. The molecule has 0 saturated carbocycles. The van der Waals surface area contributed by atoms with Crippen LogP contribution in [0.3, 0.4) is 0 Å². The van der Waals surface area contributed by atoms with E-state index in [4.69, 9.17) is 9.84 Å². The average molecular weight is 455 g/mol. The van der Waals surface area contributed by atoms with Gasteiger partial charge in [-0.05, 0) is 54.8 Å². The lowest BCUT2D eigenvalue weighted by atomic mass is 10.1. The lowest BCUT2D eigenvalue weighted by Crippen LogP contribution is -2.27. The third kappa shape index (κ3) is 5.08.